The van der Waals surface area contributed by atoms with Gasteiger partial charge < -0.3 is 10.8 Å². The summed E-state index contributed by atoms with van der Waals surface area (Å²) >= 11 is 0. The Labute approximate surface area is 70.8 Å². The predicted octanol–water partition coefficient (Wildman–Crippen LogP) is 0.813. The molecule has 0 aliphatic rings. The van der Waals surface area contributed by atoms with E-state index in [2.05, 4.69) is 0 Å². The van der Waals surface area contributed by atoms with Gasteiger partial charge in [-0.3, -0.25) is 4.79 Å². The van der Waals surface area contributed by atoms with Gasteiger partial charge in [0.15, 0.2) is 0 Å². The molecule has 0 aliphatic carbocycles. The first-order valence-corrected chi connectivity index (χ1v) is 3.73. The van der Waals surface area contributed by atoms with Crippen LogP contribution in [0.15, 0.2) is 30.3 Å². The average Bonchev–Trinajstić information content (AvgIpc) is 2.07. The van der Waals surface area contributed by atoms with Gasteiger partial charge in [-0.1, -0.05) is 30.3 Å². The molecule has 0 aliphatic heterocycles. The SMILES string of the molecule is NC[C@H](C(=O)O)c1ccccc1. The average molecular weight is 165 g/mol. The molecule has 0 fully saturated rings. The van der Waals surface area contributed by atoms with Crippen molar-refractivity contribution >= 4 is 5.97 Å². The topological polar surface area (TPSA) is 63.3 Å². The van der Waals surface area contributed by atoms with Gasteiger partial charge in [0, 0.05) is 6.54 Å². The maximum atomic E-state index is 10.7. The lowest BCUT2D eigenvalue weighted by atomic mass is 10.00. The summed E-state index contributed by atoms with van der Waals surface area (Å²) in [5, 5.41) is 8.75. The Morgan fingerprint density at radius 3 is 2.42 bits per heavy atom. The number of carboxylic acids is 1. The first-order valence-electron chi connectivity index (χ1n) is 3.73. The monoisotopic (exact) mass is 165 g/mol. The van der Waals surface area contributed by atoms with Crippen molar-refractivity contribution in [3.05, 3.63) is 35.9 Å². The fourth-order valence-corrected chi connectivity index (χ4v) is 1.06. The molecule has 0 amide bonds. The maximum absolute atomic E-state index is 10.7. The van der Waals surface area contributed by atoms with Crippen molar-refractivity contribution in [1.29, 1.82) is 0 Å². The second kappa shape index (κ2) is 3.88. The third-order valence-corrected chi connectivity index (χ3v) is 1.74. The molecule has 1 aromatic rings. The van der Waals surface area contributed by atoms with E-state index in [9.17, 15) is 4.79 Å². The maximum Gasteiger partial charge on any atom is 0.312 e. The van der Waals surface area contributed by atoms with E-state index >= 15 is 0 Å². The highest BCUT2D eigenvalue weighted by Gasteiger charge is 2.16. The fourth-order valence-electron chi connectivity index (χ4n) is 1.06. The van der Waals surface area contributed by atoms with E-state index in [1.807, 2.05) is 6.07 Å². The van der Waals surface area contributed by atoms with Crippen LogP contribution in [0.3, 0.4) is 0 Å². The predicted molar refractivity (Wildman–Crippen MR) is 45.9 cm³/mol. The molecule has 64 valence electrons. The van der Waals surface area contributed by atoms with Gasteiger partial charge in [-0.05, 0) is 5.56 Å². The van der Waals surface area contributed by atoms with Crippen LogP contribution in [0.4, 0.5) is 0 Å². The summed E-state index contributed by atoms with van der Waals surface area (Å²) in [5.74, 6) is -1.45. The molecule has 0 spiro atoms. The van der Waals surface area contributed by atoms with Gasteiger partial charge in [-0.15, -0.1) is 0 Å². The number of rotatable bonds is 3. The Morgan fingerprint density at radius 2 is 2.00 bits per heavy atom. The number of hydrogen-bond donors (Lipinski definition) is 2. The zero-order valence-corrected chi connectivity index (χ0v) is 6.60. The van der Waals surface area contributed by atoms with E-state index in [4.69, 9.17) is 10.8 Å². The van der Waals surface area contributed by atoms with Crippen molar-refractivity contribution in [1.82, 2.24) is 0 Å². The number of aliphatic carboxylic acids is 1. The molecular weight excluding hydrogens is 154 g/mol. The minimum absolute atomic E-state index is 0.138. The van der Waals surface area contributed by atoms with Gasteiger partial charge in [0.25, 0.3) is 0 Å². The van der Waals surface area contributed by atoms with Crippen LogP contribution >= 0.6 is 0 Å². The van der Waals surface area contributed by atoms with Crippen LogP contribution in [0.25, 0.3) is 0 Å². The minimum atomic E-state index is -0.872. The van der Waals surface area contributed by atoms with Crippen molar-refractivity contribution in [2.45, 2.75) is 5.92 Å². The van der Waals surface area contributed by atoms with Gasteiger partial charge in [0.2, 0.25) is 0 Å². The van der Waals surface area contributed by atoms with Crippen LogP contribution in [0.1, 0.15) is 11.5 Å². The van der Waals surface area contributed by atoms with Crippen molar-refractivity contribution < 1.29 is 9.90 Å². The van der Waals surface area contributed by atoms with Crippen LogP contribution in [0.2, 0.25) is 0 Å². The molecule has 1 atom stereocenters. The Balaban J connectivity index is 2.88. The molecule has 0 aromatic heterocycles. The van der Waals surface area contributed by atoms with Crippen LogP contribution in [0.5, 0.6) is 0 Å². The van der Waals surface area contributed by atoms with E-state index in [1.54, 1.807) is 24.3 Å². The van der Waals surface area contributed by atoms with Gasteiger partial charge in [-0.25, -0.2) is 0 Å². The third-order valence-electron chi connectivity index (χ3n) is 1.74. The molecule has 0 radical (unpaired) electrons. The third kappa shape index (κ3) is 1.83. The van der Waals surface area contributed by atoms with Gasteiger partial charge in [-0.2, -0.15) is 0 Å². The van der Waals surface area contributed by atoms with Crippen LogP contribution < -0.4 is 5.73 Å². The van der Waals surface area contributed by atoms with E-state index in [0.29, 0.717) is 0 Å². The van der Waals surface area contributed by atoms with Crippen molar-refractivity contribution in [3.8, 4) is 0 Å². The molecular formula is C9H11NO2. The zero-order valence-electron chi connectivity index (χ0n) is 6.60. The zero-order chi connectivity index (χ0) is 8.97. The van der Waals surface area contributed by atoms with E-state index in [1.165, 1.54) is 0 Å². The standard InChI is InChI=1S/C9H11NO2/c10-6-8(9(11)12)7-4-2-1-3-5-7/h1-5,8H,6,10H2,(H,11,12)/t8-/m0/s1. The lowest BCUT2D eigenvalue weighted by Gasteiger charge is -2.08. The van der Waals surface area contributed by atoms with Gasteiger partial charge in [0.1, 0.15) is 0 Å². The quantitative estimate of drug-likeness (QED) is 0.696. The summed E-state index contributed by atoms with van der Waals surface area (Å²) in [4.78, 5) is 10.7. The highest BCUT2D eigenvalue weighted by molar-refractivity contribution is 5.76. The normalized spacial score (nSPS) is 12.4. The lowest BCUT2D eigenvalue weighted by Crippen LogP contribution is -2.20. The molecule has 3 N–H and O–H groups in total. The minimum Gasteiger partial charge on any atom is -0.481 e. The molecule has 1 aromatic carbocycles. The molecule has 0 bridgehead atoms. The van der Waals surface area contributed by atoms with Gasteiger partial charge >= 0.3 is 5.97 Å². The summed E-state index contributed by atoms with van der Waals surface area (Å²) in [6.07, 6.45) is 0. The van der Waals surface area contributed by atoms with Crippen molar-refractivity contribution in [3.63, 3.8) is 0 Å². The van der Waals surface area contributed by atoms with E-state index in [0.717, 1.165) is 5.56 Å². The van der Waals surface area contributed by atoms with Gasteiger partial charge in [0.05, 0.1) is 5.92 Å². The summed E-state index contributed by atoms with van der Waals surface area (Å²) in [6, 6.07) is 9.00. The van der Waals surface area contributed by atoms with Crippen LogP contribution in [0, 0.1) is 0 Å². The van der Waals surface area contributed by atoms with Crippen molar-refractivity contribution in [2.75, 3.05) is 6.54 Å². The van der Waals surface area contributed by atoms with Crippen LogP contribution in [-0.2, 0) is 4.79 Å². The Bertz CT molecular complexity index is 258. The molecule has 0 saturated carbocycles. The number of benzene rings is 1. The van der Waals surface area contributed by atoms with E-state index < -0.39 is 11.9 Å². The number of hydrogen-bond acceptors (Lipinski definition) is 2. The first-order chi connectivity index (χ1) is 5.75. The second-order valence-electron chi connectivity index (χ2n) is 2.54. The summed E-state index contributed by atoms with van der Waals surface area (Å²) < 4.78 is 0. The highest BCUT2D eigenvalue weighted by atomic mass is 16.4. The molecule has 0 heterocycles. The lowest BCUT2D eigenvalue weighted by molar-refractivity contribution is -0.138. The molecule has 3 nitrogen and oxygen atoms in total. The first kappa shape index (κ1) is 8.74. The molecule has 0 saturated heterocycles. The second-order valence-corrected chi connectivity index (χ2v) is 2.54. The van der Waals surface area contributed by atoms with Crippen molar-refractivity contribution in [2.24, 2.45) is 5.73 Å². The molecule has 0 unspecified atom stereocenters. The number of nitrogens with two attached hydrogens (primary N) is 1. The number of carboxylic acid groups (broad SMARTS) is 1. The summed E-state index contributed by atoms with van der Waals surface area (Å²) in [7, 11) is 0. The fraction of sp³-hybridized carbons (Fsp3) is 0.222. The Morgan fingerprint density at radius 1 is 1.42 bits per heavy atom. The smallest absolute Gasteiger partial charge is 0.312 e. The number of carbonyl (C=O) groups is 1. The Kier molecular flexibility index (Phi) is 2.82. The molecule has 3 heteroatoms. The van der Waals surface area contributed by atoms with E-state index in [-0.39, 0.29) is 6.54 Å². The van der Waals surface area contributed by atoms with Crippen LogP contribution in [-0.4, -0.2) is 17.6 Å². The molecule has 1 rings (SSSR count). The summed E-state index contributed by atoms with van der Waals surface area (Å²) in [5.41, 5.74) is 6.08. The molecule has 12 heavy (non-hydrogen) atoms. The Hall–Kier alpha value is -1.35. The largest absolute Gasteiger partial charge is 0.481 e. The summed E-state index contributed by atoms with van der Waals surface area (Å²) in [6.45, 7) is 0.138. The highest BCUT2D eigenvalue weighted by Crippen LogP contribution is 2.13.